The Kier molecular flexibility index (Phi) is 5.72. The number of halogens is 1. The largest absolute Gasteiger partial charge is 0.497 e. The second kappa shape index (κ2) is 8.60. The van der Waals surface area contributed by atoms with E-state index in [0.717, 1.165) is 10.2 Å². The number of carbonyl (C=O) groups excluding carboxylic acids is 1. The summed E-state index contributed by atoms with van der Waals surface area (Å²) in [5.74, 6) is 0.653. The summed E-state index contributed by atoms with van der Waals surface area (Å²) in [5, 5.41) is 7.34. The number of amides is 1. The van der Waals surface area contributed by atoms with Gasteiger partial charge in [-0.05, 0) is 36.4 Å². The number of carbonyl (C=O) groups is 1. The lowest BCUT2D eigenvalue weighted by Gasteiger charge is -2.12. The molecule has 0 aliphatic carbocycles. The van der Waals surface area contributed by atoms with Crippen LogP contribution in [0.5, 0.6) is 11.5 Å². The minimum absolute atomic E-state index is 0.208. The van der Waals surface area contributed by atoms with Gasteiger partial charge in [0.05, 0.1) is 31.8 Å². The molecule has 0 spiro atoms. The molecule has 9 nitrogen and oxygen atoms in total. The van der Waals surface area contributed by atoms with Crippen LogP contribution in [0.2, 0.25) is 0 Å². The van der Waals surface area contributed by atoms with Crippen LogP contribution in [0.3, 0.4) is 0 Å². The Labute approximate surface area is 185 Å². The third kappa shape index (κ3) is 4.15. The minimum Gasteiger partial charge on any atom is -0.497 e. The average molecular weight is 484 g/mol. The fourth-order valence-electron chi connectivity index (χ4n) is 3.08. The molecule has 2 heterocycles. The van der Waals surface area contributed by atoms with Crippen LogP contribution >= 0.6 is 15.9 Å². The van der Waals surface area contributed by atoms with Gasteiger partial charge in [0.15, 0.2) is 5.65 Å². The highest BCUT2D eigenvalue weighted by Gasteiger charge is 2.14. The molecule has 4 aromatic rings. The SMILES string of the molecule is COc1ccc(NC(=O)Cn2cnc3c(cnn3-c3ccc(Br)cc3)c2=O)c(OC)c1. The van der Waals surface area contributed by atoms with Crippen molar-refractivity contribution in [3.63, 3.8) is 0 Å². The summed E-state index contributed by atoms with van der Waals surface area (Å²) in [6.45, 7) is -0.208. The molecule has 10 heteroatoms. The first-order chi connectivity index (χ1) is 15.0. The lowest BCUT2D eigenvalue weighted by Crippen LogP contribution is -2.28. The van der Waals surface area contributed by atoms with Gasteiger partial charge in [0.1, 0.15) is 29.8 Å². The van der Waals surface area contributed by atoms with Crippen molar-refractivity contribution in [2.45, 2.75) is 6.54 Å². The van der Waals surface area contributed by atoms with Gasteiger partial charge in [0.25, 0.3) is 5.56 Å². The Morgan fingerprint density at radius 1 is 1.13 bits per heavy atom. The standard InChI is InChI=1S/C21H18BrN5O4/c1-30-15-7-8-17(18(9-15)31-2)25-19(28)11-26-12-23-20-16(21(26)29)10-24-27(20)14-5-3-13(22)4-6-14/h3-10,12H,11H2,1-2H3,(H,25,28). The Bertz CT molecular complexity index is 1310. The number of benzene rings is 2. The molecule has 0 unspecified atom stereocenters. The number of anilines is 1. The molecule has 1 amide bonds. The highest BCUT2D eigenvalue weighted by Crippen LogP contribution is 2.29. The highest BCUT2D eigenvalue weighted by molar-refractivity contribution is 9.10. The Balaban J connectivity index is 1.58. The summed E-state index contributed by atoms with van der Waals surface area (Å²) in [7, 11) is 3.04. The lowest BCUT2D eigenvalue weighted by molar-refractivity contribution is -0.116. The molecule has 0 saturated carbocycles. The second-order valence-corrected chi connectivity index (χ2v) is 7.48. The predicted molar refractivity (Wildman–Crippen MR) is 119 cm³/mol. The maximum absolute atomic E-state index is 12.9. The average Bonchev–Trinajstić information content (AvgIpc) is 3.21. The molecule has 0 bridgehead atoms. The van der Waals surface area contributed by atoms with Crippen molar-refractivity contribution in [3.8, 4) is 17.2 Å². The third-order valence-electron chi connectivity index (χ3n) is 4.62. The van der Waals surface area contributed by atoms with Crippen molar-refractivity contribution >= 4 is 38.6 Å². The minimum atomic E-state index is -0.396. The Morgan fingerprint density at radius 2 is 1.90 bits per heavy atom. The lowest BCUT2D eigenvalue weighted by atomic mass is 10.2. The number of methoxy groups -OCH3 is 2. The van der Waals surface area contributed by atoms with Crippen LogP contribution in [0.25, 0.3) is 16.7 Å². The van der Waals surface area contributed by atoms with Gasteiger partial charge in [0, 0.05) is 10.5 Å². The second-order valence-electron chi connectivity index (χ2n) is 6.56. The number of rotatable bonds is 6. The van der Waals surface area contributed by atoms with Gasteiger partial charge in [-0.3, -0.25) is 14.2 Å². The molecule has 0 atom stereocenters. The summed E-state index contributed by atoms with van der Waals surface area (Å²) in [4.78, 5) is 29.8. The number of fused-ring (bicyclic) bond motifs is 1. The first-order valence-corrected chi connectivity index (χ1v) is 10.0. The van der Waals surface area contributed by atoms with E-state index in [2.05, 4.69) is 31.3 Å². The van der Waals surface area contributed by atoms with Crippen molar-refractivity contribution in [2.75, 3.05) is 19.5 Å². The Hall–Kier alpha value is -3.66. The zero-order valence-electron chi connectivity index (χ0n) is 16.7. The van der Waals surface area contributed by atoms with E-state index >= 15 is 0 Å². The van der Waals surface area contributed by atoms with Crippen molar-refractivity contribution in [1.29, 1.82) is 0 Å². The van der Waals surface area contributed by atoms with Crippen molar-refractivity contribution in [1.82, 2.24) is 19.3 Å². The summed E-state index contributed by atoms with van der Waals surface area (Å²) in [6.07, 6.45) is 2.79. The van der Waals surface area contributed by atoms with E-state index in [-0.39, 0.29) is 12.1 Å². The number of aromatic nitrogens is 4. The van der Waals surface area contributed by atoms with Crippen LogP contribution in [-0.4, -0.2) is 39.5 Å². The van der Waals surface area contributed by atoms with Crippen LogP contribution in [0, 0.1) is 0 Å². The van der Waals surface area contributed by atoms with Crippen LogP contribution < -0.4 is 20.3 Å². The van der Waals surface area contributed by atoms with Gasteiger partial charge in [-0.2, -0.15) is 5.10 Å². The normalized spacial score (nSPS) is 10.8. The van der Waals surface area contributed by atoms with Gasteiger partial charge in [-0.25, -0.2) is 9.67 Å². The molecule has 0 aliphatic rings. The van der Waals surface area contributed by atoms with Gasteiger partial charge >= 0.3 is 0 Å². The quantitative estimate of drug-likeness (QED) is 0.452. The van der Waals surface area contributed by atoms with Crippen molar-refractivity contribution < 1.29 is 14.3 Å². The van der Waals surface area contributed by atoms with E-state index in [0.29, 0.717) is 28.2 Å². The molecule has 0 aliphatic heterocycles. The molecular formula is C21H18BrN5O4. The number of hydrogen-bond donors (Lipinski definition) is 1. The molecule has 0 radical (unpaired) electrons. The van der Waals surface area contributed by atoms with E-state index in [4.69, 9.17) is 9.47 Å². The fraction of sp³-hybridized carbons (Fsp3) is 0.143. The summed E-state index contributed by atoms with van der Waals surface area (Å²) in [5.41, 5.74) is 1.30. The van der Waals surface area contributed by atoms with Crippen LogP contribution in [0.4, 0.5) is 5.69 Å². The molecule has 1 N–H and O–H groups in total. The maximum Gasteiger partial charge on any atom is 0.264 e. The fourth-order valence-corrected chi connectivity index (χ4v) is 3.34. The molecular weight excluding hydrogens is 466 g/mol. The zero-order chi connectivity index (χ0) is 22.0. The third-order valence-corrected chi connectivity index (χ3v) is 5.15. The number of nitrogens with one attached hydrogen (secondary N) is 1. The van der Waals surface area contributed by atoms with Crippen LogP contribution in [-0.2, 0) is 11.3 Å². The number of nitrogens with zero attached hydrogens (tertiary/aromatic N) is 4. The first kappa shape index (κ1) is 20.6. The summed E-state index contributed by atoms with van der Waals surface area (Å²) >= 11 is 3.39. The Morgan fingerprint density at radius 3 is 2.61 bits per heavy atom. The zero-order valence-corrected chi connectivity index (χ0v) is 18.3. The smallest absolute Gasteiger partial charge is 0.264 e. The molecule has 0 saturated heterocycles. The highest BCUT2D eigenvalue weighted by atomic mass is 79.9. The number of hydrogen-bond acceptors (Lipinski definition) is 6. The molecule has 4 rings (SSSR count). The van der Waals surface area contributed by atoms with Gasteiger partial charge < -0.3 is 14.8 Å². The van der Waals surface area contributed by atoms with E-state index in [1.54, 1.807) is 30.0 Å². The first-order valence-electron chi connectivity index (χ1n) is 9.21. The summed E-state index contributed by atoms with van der Waals surface area (Å²) in [6, 6.07) is 12.5. The molecule has 2 aromatic heterocycles. The van der Waals surface area contributed by atoms with E-state index < -0.39 is 5.91 Å². The molecule has 0 fully saturated rings. The van der Waals surface area contributed by atoms with Crippen LogP contribution in [0.1, 0.15) is 0 Å². The van der Waals surface area contributed by atoms with Gasteiger partial charge in [0.2, 0.25) is 5.91 Å². The maximum atomic E-state index is 12.9. The van der Waals surface area contributed by atoms with Crippen LogP contribution in [0.15, 0.2) is 64.3 Å². The van der Waals surface area contributed by atoms with Crippen molar-refractivity contribution in [2.24, 2.45) is 0 Å². The number of ether oxygens (including phenoxy) is 2. The molecule has 31 heavy (non-hydrogen) atoms. The van der Waals surface area contributed by atoms with E-state index in [1.807, 2.05) is 24.3 Å². The topological polar surface area (TPSA) is 100 Å². The van der Waals surface area contributed by atoms with Gasteiger partial charge in [-0.1, -0.05) is 15.9 Å². The molecule has 2 aromatic carbocycles. The van der Waals surface area contributed by atoms with E-state index in [9.17, 15) is 9.59 Å². The van der Waals surface area contributed by atoms with Gasteiger partial charge in [-0.15, -0.1) is 0 Å². The summed E-state index contributed by atoms with van der Waals surface area (Å²) < 4.78 is 14.2. The molecule has 158 valence electrons. The van der Waals surface area contributed by atoms with E-state index in [1.165, 1.54) is 24.2 Å². The monoisotopic (exact) mass is 483 g/mol. The predicted octanol–water partition coefficient (Wildman–Crippen LogP) is 3.00. The van der Waals surface area contributed by atoms with Crippen molar-refractivity contribution in [3.05, 3.63) is 69.8 Å².